The van der Waals surface area contributed by atoms with Crippen LogP contribution in [0.2, 0.25) is 0 Å². The lowest BCUT2D eigenvalue weighted by Gasteiger charge is -2.43. The maximum absolute atomic E-state index is 6.29. The van der Waals surface area contributed by atoms with Gasteiger partial charge in [0.15, 0.2) is 0 Å². The van der Waals surface area contributed by atoms with Gasteiger partial charge in [0.25, 0.3) is 0 Å². The second-order valence-corrected chi connectivity index (χ2v) is 9.97. The fraction of sp³-hybridized carbons (Fsp3) is 0.917. The van der Waals surface area contributed by atoms with E-state index in [1.54, 1.807) is 4.90 Å². The predicted molar refractivity (Wildman–Crippen MR) is 89.9 cm³/mol. The minimum Gasteiger partial charge on any atom is -0.304 e. The summed E-state index contributed by atoms with van der Waals surface area (Å²) in [5, 5.41) is 6.27. The van der Waals surface area contributed by atoms with Gasteiger partial charge in [-0.15, -0.1) is 0 Å². The summed E-state index contributed by atoms with van der Waals surface area (Å²) in [7, 11) is 0. The Labute approximate surface area is 146 Å². The molecule has 0 bridgehead atoms. The minimum atomic E-state index is -1.86. The monoisotopic (exact) mass is 381 g/mol. The minimum absolute atomic E-state index is 0.0429. The van der Waals surface area contributed by atoms with Crippen LogP contribution >= 0.6 is 58.0 Å². The highest BCUT2D eigenvalue weighted by atomic mass is 35.6. The van der Waals surface area contributed by atoms with Crippen molar-refractivity contribution >= 4 is 64.3 Å². The molecule has 0 fully saturated rings. The van der Waals surface area contributed by atoms with Crippen LogP contribution in [0, 0.1) is 5.41 Å². The number of rotatable bonds is 3. The molecule has 1 atom stereocenters. The van der Waals surface area contributed by atoms with Gasteiger partial charge >= 0.3 is 0 Å². The predicted octanol–water partition coefficient (Wildman–Crippen LogP) is 5.22. The highest BCUT2D eigenvalue weighted by Crippen LogP contribution is 2.50. The Hall–Kier alpha value is 0.720. The Kier molecular flexibility index (Phi) is 5.70. The van der Waals surface area contributed by atoms with Crippen molar-refractivity contribution in [1.29, 1.82) is 0 Å². The number of hydrogen-bond donors (Lipinski definition) is 0. The maximum Gasteiger partial charge on any atom is 0.241 e. The third-order valence-corrected chi connectivity index (χ3v) is 5.28. The molecule has 0 aromatic carbocycles. The Morgan fingerprint density at radius 2 is 1.60 bits per heavy atom. The van der Waals surface area contributed by atoms with E-state index in [9.17, 15) is 0 Å². The number of hydrogen-bond acceptors (Lipinski definition) is 3. The highest BCUT2D eigenvalue weighted by molar-refractivity contribution is 6.75. The van der Waals surface area contributed by atoms with E-state index in [1.165, 1.54) is 6.34 Å². The lowest BCUT2D eigenvalue weighted by molar-refractivity contribution is 0.0523. The summed E-state index contributed by atoms with van der Waals surface area (Å²) in [6.45, 7) is 10.5. The second kappa shape index (κ2) is 6.08. The molecule has 1 rings (SSSR count). The summed E-state index contributed by atoms with van der Waals surface area (Å²) in [6, 6.07) is 0.183. The van der Waals surface area contributed by atoms with Gasteiger partial charge in [0, 0.05) is 6.04 Å². The first-order chi connectivity index (χ1) is 8.77. The number of hydrazone groups is 1. The van der Waals surface area contributed by atoms with Crippen molar-refractivity contribution in [2.75, 3.05) is 0 Å². The van der Waals surface area contributed by atoms with Gasteiger partial charge in [-0.3, -0.25) is 5.01 Å². The van der Waals surface area contributed by atoms with Gasteiger partial charge in [-0.1, -0.05) is 78.8 Å². The van der Waals surface area contributed by atoms with E-state index >= 15 is 0 Å². The average Bonchev–Trinajstić information content (AvgIpc) is 2.56. The van der Waals surface area contributed by atoms with Crippen molar-refractivity contribution in [3.8, 4) is 0 Å². The molecule has 8 heteroatoms. The van der Waals surface area contributed by atoms with Crippen molar-refractivity contribution in [2.24, 2.45) is 10.5 Å². The SMILES string of the molecule is CC(C)N1N=CN(C(Cl)(Cl)C(Cl)(Cl)Cl)C1CC(C)(C)C. The number of nitrogens with zero attached hydrogens (tertiary/aromatic N) is 3. The Morgan fingerprint density at radius 3 is 1.95 bits per heavy atom. The molecule has 0 amide bonds. The zero-order valence-corrected chi connectivity index (χ0v) is 16.0. The van der Waals surface area contributed by atoms with Gasteiger partial charge in [0.05, 0.1) is 0 Å². The van der Waals surface area contributed by atoms with E-state index in [2.05, 4.69) is 25.9 Å². The van der Waals surface area contributed by atoms with E-state index in [0.29, 0.717) is 0 Å². The van der Waals surface area contributed by atoms with Crippen LogP contribution in [0.25, 0.3) is 0 Å². The van der Waals surface area contributed by atoms with E-state index < -0.39 is 8.25 Å². The largest absolute Gasteiger partial charge is 0.304 e. The smallest absolute Gasteiger partial charge is 0.241 e. The van der Waals surface area contributed by atoms with Gasteiger partial charge in [-0.2, -0.15) is 5.10 Å². The molecule has 0 aromatic heterocycles. The van der Waals surface area contributed by atoms with Crippen LogP contribution in [0.4, 0.5) is 0 Å². The molecule has 20 heavy (non-hydrogen) atoms. The van der Waals surface area contributed by atoms with Crippen molar-refractivity contribution in [1.82, 2.24) is 9.91 Å². The van der Waals surface area contributed by atoms with Gasteiger partial charge in [0.1, 0.15) is 12.5 Å². The normalized spacial score (nSPS) is 21.2. The lowest BCUT2D eigenvalue weighted by atomic mass is 9.90. The molecule has 1 heterocycles. The first-order valence-electron chi connectivity index (χ1n) is 6.33. The summed E-state index contributed by atoms with van der Waals surface area (Å²) < 4.78 is -3.55. The molecule has 3 nitrogen and oxygen atoms in total. The van der Waals surface area contributed by atoms with E-state index in [-0.39, 0.29) is 17.6 Å². The van der Waals surface area contributed by atoms with Crippen molar-refractivity contribution in [2.45, 2.75) is 61.5 Å². The van der Waals surface area contributed by atoms with Crippen LogP contribution in [0.5, 0.6) is 0 Å². The average molecular weight is 384 g/mol. The highest BCUT2D eigenvalue weighted by Gasteiger charge is 2.54. The molecule has 0 spiro atoms. The summed E-state index contributed by atoms with van der Waals surface area (Å²) in [6.07, 6.45) is 2.14. The number of halogens is 5. The Morgan fingerprint density at radius 1 is 1.10 bits per heavy atom. The van der Waals surface area contributed by atoms with Gasteiger partial charge in [-0.05, 0) is 25.7 Å². The van der Waals surface area contributed by atoms with Crippen LogP contribution in [-0.4, -0.2) is 36.7 Å². The molecule has 0 saturated carbocycles. The molecule has 1 unspecified atom stereocenters. The fourth-order valence-corrected chi connectivity index (χ4v) is 2.63. The molecular formula is C12H20Cl5N3. The third-order valence-electron chi connectivity index (χ3n) is 2.93. The molecular weight excluding hydrogens is 363 g/mol. The summed E-state index contributed by atoms with van der Waals surface area (Å²) >= 11 is 30.3. The van der Waals surface area contributed by atoms with E-state index in [0.717, 1.165) is 6.42 Å². The molecule has 0 aliphatic carbocycles. The van der Waals surface area contributed by atoms with Gasteiger partial charge in [0.2, 0.25) is 8.25 Å². The lowest BCUT2D eigenvalue weighted by Crippen LogP contribution is -2.56. The zero-order chi connectivity index (χ0) is 15.9. The van der Waals surface area contributed by atoms with Gasteiger partial charge < -0.3 is 4.90 Å². The molecule has 0 radical (unpaired) electrons. The third kappa shape index (κ3) is 4.13. The van der Waals surface area contributed by atoms with Crippen LogP contribution < -0.4 is 0 Å². The van der Waals surface area contributed by atoms with Crippen molar-refractivity contribution in [3.05, 3.63) is 0 Å². The quantitative estimate of drug-likeness (QED) is 0.491. The maximum atomic E-state index is 6.29. The summed E-state index contributed by atoms with van der Waals surface area (Å²) in [4.78, 5) is 1.61. The molecule has 1 aliphatic rings. The topological polar surface area (TPSA) is 18.8 Å². The first kappa shape index (κ1) is 18.8. The van der Waals surface area contributed by atoms with Crippen molar-refractivity contribution < 1.29 is 0 Å². The Balaban J connectivity index is 3.10. The van der Waals surface area contributed by atoms with Crippen LogP contribution in [0.15, 0.2) is 5.10 Å². The van der Waals surface area contributed by atoms with Crippen LogP contribution in [-0.2, 0) is 0 Å². The number of alkyl halides is 5. The van der Waals surface area contributed by atoms with Crippen LogP contribution in [0.3, 0.4) is 0 Å². The molecule has 1 aliphatic heterocycles. The van der Waals surface area contributed by atoms with Crippen molar-refractivity contribution in [3.63, 3.8) is 0 Å². The summed E-state index contributed by atoms with van der Waals surface area (Å²) in [5.41, 5.74) is 0.0429. The molecule has 118 valence electrons. The van der Waals surface area contributed by atoms with E-state index in [4.69, 9.17) is 58.0 Å². The van der Waals surface area contributed by atoms with E-state index in [1.807, 2.05) is 18.9 Å². The molecule has 0 aromatic rings. The molecule has 0 N–H and O–H groups in total. The zero-order valence-electron chi connectivity index (χ0n) is 12.2. The van der Waals surface area contributed by atoms with Gasteiger partial charge in [-0.25, -0.2) is 0 Å². The molecule has 0 saturated heterocycles. The standard InChI is InChI=1S/C12H20Cl5N3/c1-8(2)20-9(6-10(3,4)5)19(7-18-20)12(16,17)11(13,14)15/h7-9H,6H2,1-5H3. The first-order valence-corrected chi connectivity index (χ1v) is 8.22. The fourth-order valence-electron chi connectivity index (χ4n) is 2.02. The Bertz CT molecular complexity index is 370. The van der Waals surface area contributed by atoms with Crippen LogP contribution in [0.1, 0.15) is 41.0 Å². The summed E-state index contributed by atoms with van der Waals surface area (Å²) in [5.74, 6) is 0. The second-order valence-electron chi connectivity index (χ2n) is 6.40.